The van der Waals surface area contributed by atoms with Crippen LogP contribution >= 0.6 is 0 Å². The minimum atomic E-state index is -0.725. The molecule has 21 heavy (non-hydrogen) atoms. The number of amides is 2. The molecule has 0 aromatic heterocycles. The molecule has 1 unspecified atom stereocenters. The summed E-state index contributed by atoms with van der Waals surface area (Å²) in [5.41, 5.74) is -0.0726. The van der Waals surface area contributed by atoms with Gasteiger partial charge < -0.3 is 25.2 Å². The summed E-state index contributed by atoms with van der Waals surface area (Å²) in [6.45, 7) is 3.54. The zero-order valence-corrected chi connectivity index (χ0v) is 11.7. The Labute approximate surface area is 122 Å². The number of aromatic hydroxyl groups is 2. The van der Waals surface area contributed by atoms with Crippen molar-refractivity contribution in [3.8, 4) is 11.5 Å². The first-order valence-corrected chi connectivity index (χ1v) is 6.68. The third-order valence-corrected chi connectivity index (χ3v) is 3.27. The molecule has 0 aliphatic carbocycles. The molecule has 0 saturated carbocycles. The molecular weight excluding hydrogens is 276 g/mol. The van der Waals surface area contributed by atoms with Crippen LogP contribution < -0.4 is 5.32 Å². The van der Waals surface area contributed by atoms with Gasteiger partial charge >= 0.3 is 0 Å². The highest BCUT2D eigenvalue weighted by atomic mass is 16.5. The Bertz CT molecular complexity index is 540. The molecule has 0 bridgehead atoms. The van der Waals surface area contributed by atoms with Crippen molar-refractivity contribution in [2.45, 2.75) is 13.0 Å². The summed E-state index contributed by atoms with van der Waals surface area (Å²) < 4.78 is 5.17. The van der Waals surface area contributed by atoms with Gasteiger partial charge in [-0.05, 0) is 25.1 Å². The van der Waals surface area contributed by atoms with Gasteiger partial charge in [-0.1, -0.05) is 0 Å². The van der Waals surface area contributed by atoms with Crippen LogP contribution in [0.5, 0.6) is 11.5 Å². The maximum Gasteiger partial charge on any atom is 0.255 e. The minimum absolute atomic E-state index is 0.0726. The van der Waals surface area contributed by atoms with Crippen LogP contribution in [0.1, 0.15) is 17.3 Å². The van der Waals surface area contributed by atoms with Crippen LogP contribution in [-0.2, 0) is 9.53 Å². The average Bonchev–Trinajstić information content (AvgIpc) is 2.49. The lowest BCUT2D eigenvalue weighted by atomic mass is 10.1. The number of hydrogen-bond acceptors (Lipinski definition) is 5. The van der Waals surface area contributed by atoms with Crippen LogP contribution in [0.15, 0.2) is 18.2 Å². The van der Waals surface area contributed by atoms with Crippen molar-refractivity contribution in [1.82, 2.24) is 10.2 Å². The Morgan fingerprint density at radius 3 is 2.62 bits per heavy atom. The monoisotopic (exact) mass is 294 g/mol. The summed E-state index contributed by atoms with van der Waals surface area (Å²) in [4.78, 5) is 25.8. The van der Waals surface area contributed by atoms with E-state index in [1.165, 1.54) is 12.1 Å². The molecule has 7 nitrogen and oxygen atoms in total. The van der Waals surface area contributed by atoms with E-state index in [-0.39, 0.29) is 23.0 Å². The van der Waals surface area contributed by atoms with Gasteiger partial charge in [-0.25, -0.2) is 0 Å². The molecule has 7 heteroatoms. The molecule has 1 aromatic rings. The van der Waals surface area contributed by atoms with E-state index in [0.29, 0.717) is 26.3 Å². The number of ether oxygens (including phenoxy) is 1. The molecule has 1 saturated heterocycles. The number of benzene rings is 1. The van der Waals surface area contributed by atoms with Crippen molar-refractivity contribution in [3.63, 3.8) is 0 Å². The average molecular weight is 294 g/mol. The van der Waals surface area contributed by atoms with Gasteiger partial charge in [0, 0.05) is 13.1 Å². The van der Waals surface area contributed by atoms with E-state index >= 15 is 0 Å². The zero-order valence-electron chi connectivity index (χ0n) is 11.7. The number of rotatable bonds is 3. The summed E-state index contributed by atoms with van der Waals surface area (Å²) in [5.74, 6) is -1.20. The second-order valence-electron chi connectivity index (χ2n) is 4.83. The Morgan fingerprint density at radius 2 is 1.95 bits per heavy atom. The van der Waals surface area contributed by atoms with Crippen LogP contribution in [0, 0.1) is 0 Å². The molecule has 114 valence electrons. The van der Waals surface area contributed by atoms with E-state index in [0.717, 1.165) is 6.07 Å². The van der Waals surface area contributed by atoms with E-state index in [1.54, 1.807) is 11.8 Å². The van der Waals surface area contributed by atoms with E-state index in [1.807, 2.05) is 0 Å². The molecule has 0 radical (unpaired) electrons. The van der Waals surface area contributed by atoms with Crippen molar-refractivity contribution in [2.75, 3.05) is 26.3 Å². The van der Waals surface area contributed by atoms with Gasteiger partial charge in [-0.15, -0.1) is 0 Å². The third kappa shape index (κ3) is 3.63. The van der Waals surface area contributed by atoms with Crippen molar-refractivity contribution in [3.05, 3.63) is 23.8 Å². The fraction of sp³-hybridized carbons (Fsp3) is 0.429. The molecule has 1 aliphatic heterocycles. The van der Waals surface area contributed by atoms with Gasteiger partial charge in [0.25, 0.3) is 5.91 Å². The van der Waals surface area contributed by atoms with Crippen molar-refractivity contribution in [2.24, 2.45) is 0 Å². The maximum absolute atomic E-state index is 12.2. The number of nitrogens with zero attached hydrogens (tertiary/aromatic N) is 1. The zero-order chi connectivity index (χ0) is 15.4. The topological polar surface area (TPSA) is 99.1 Å². The number of nitrogens with one attached hydrogen (secondary N) is 1. The highest BCUT2D eigenvalue weighted by Gasteiger charge is 2.24. The van der Waals surface area contributed by atoms with Crippen LogP contribution in [0.2, 0.25) is 0 Å². The van der Waals surface area contributed by atoms with Crippen molar-refractivity contribution < 1.29 is 24.5 Å². The second kappa shape index (κ2) is 6.45. The summed E-state index contributed by atoms with van der Waals surface area (Å²) in [5, 5.41) is 21.5. The van der Waals surface area contributed by atoms with Crippen molar-refractivity contribution in [1.29, 1.82) is 0 Å². The number of phenols is 2. The Kier molecular flexibility index (Phi) is 4.64. The Hall–Kier alpha value is -2.28. The Balaban J connectivity index is 2.01. The predicted molar refractivity (Wildman–Crippen MR) is 74.1 cm³/mol. The first-order valence-electron chi connectivity index (χ1n) is 6.68. The molecule has 2 rings (SSSR count). The summed E-state index contributed by atoms with van der Waals surface area (Å²) in [7, 11) is 0. The van der Waals surface area contributed by atoms with E-state index in [2.05, 4.69) is 5.32 Å². The lowest BCUT2D eigenvalue weighted by Gasteiger charge is -2.29. The standard InChI is InChI=1S/C14H18N2O5/c1-9(14(20)16-4-6-21-7-5-16)15-13(19)11-8-10(17)2-3-12(11)18/h2-3,8-9,17-18H,4-7H2,1H3,(H,15,19). The highest BCUT2D eigenvalue weighted by Crippen LogP contribution is 2.21. The highest BCUT2D eigenvalue weighted by molar-refractivity contribution is 5.99. The predicted octanol–water partition coefficient (Wildman–Crippen LogP) is 0.0749. The van der Waals surface area contributed by atoms with E-state index < -0.39 is 11.9 Å². The summed E-state index contributed by atoms with van der Waals surface area (Å²) in [6.07, 6.45) is 0. The van der Waals surface area contributed by atoms with Gasteiger partial charge in [0.05, 0.1) is 18.8 Å². The summed E-state index contributed by atoms with van der Waals surface area (Å²) in [6, 6.07) is 2.92. The lowest BCUT2D eigenvalue weighted by Crippen LogP contribution is -2.50. The quantitative estimate of drug-likeness (QED) is 0.685. The van der Waals surface area contributed by atoms with Gasteiger partial charge in [0.15, 0.2) is 0 Å². The molecule has 1 aliphatic rings. The first kappa shape index (κ1) is 15.1. The number of morpholine rings is 1. The molecule has 3 N–H and O–H groups in total. The largest absolute Gasteiger partial charge is 0.508 e. The fourth-order valence-corrected chi connectivity index (χ4v) is 2.10. The first-order chi connectivity index (χ1) is 9.99. The van der Waals surface area contributed by atoms with Crippen LogP contribution in [0.3, 0.4) is 0 Å². The SMILES string of the molecule is CC(NC(=O)c1cc(O)ccc1O)C(=O)N1CCOCC1. The minimum Gasteiger partial charge on any atom is -0.508 e. The number of phenolic OH excluding ortho intramolecular Hbond substituents is 2. The molecule has 1 heterocycles. The second-order valence-corrected chi connectivity index (χ2v) is 4.83. The van der Waals surface area contributed by atoms with Crippen LogP contribution in [0.25, 0.3) is 0 Å². The fourth-order valence-electron chi connectivity index (χ4n) is 2.10. The molecule has 1 fully saturated rings. The van der Waals surface area contributed by atoms with Crippen LogP contribution in [0.4, 0.5) is 0 Å². The van der Waals surface area contributed by atoms with Gasteiger partial charge in [-0.3, -0.25) is 9.59 Å². The molecule has 1 atom stereocenters. The van der Waals surface area contributed by atoms with Crippen molar-refractivity contribution >= 4 is 11.8 Å². The van der Waals surface area contributed by atoms with Gasteiger partial charge in [-0.2, -0.15) is 0 Å². The number of carbonyl (C=O) groups excluding carboxylic acids is 2. The lowest BCUT2D eigenvalue weighted by molar-refractivity contribution is -0.136. The smallest absolute Gasteiger partial charge is 0.255 e. The van der Waals surface area contributed by atoms with E-state index in [9.17, 15) is 19.8 Å². The number of hydrogen-bond donors (Lipinski definition) is 3. The molecular formula is C14H18N2O5. The normalized spacial score (nSPS) is 16.3. The molecule has 0 spiro atoms. The van der Waals surface area contributed by atoms with E-state index in [4.69, 9.17) is 4.74 Å². The molecule has 1 aromatic carbocycles. The third-order valence-electron chi connectivity index (χ3n) is 3.27. The summed E-state index contributed by atoms with van der Waals surface area (Å²) >= 11 is 0. The Morgan fingerprint density at radius 1 is 1.29 bits per heavy atom. The van der Waals surface area contributed by atoms with Crippen LogP contribution in [-0.4, -0.2) is 59.3 Å². The molecule has 2 amide bonds. The maximum atomic E-state index is 12.2. The van der Waals surface area contributed by atoms with Gasteiger partial charge in [0.2, 0.25) is 5.91 Å². The number of carbonyl (C=O) groups is 2. The van der Waals surface area contributed by atoms with Gasteiger partial charge in [0.1, 0.15) is 17.5 Å².